The second-order valence-corrected chi connectivity index (χ2v) is 9.50. The molecule has 2 aromatic carbocycles. The van der Waals surface area contributed by atoms with Gasteiger partial charge in [-0.25, -0.2) is 14.3 Å². The molecule has 2 aromatic heterocycles. The van der Waals surface area contributed by atoms with Crippen LogP contribution in [0.15, 0.2) is 52.4 Å². The molecule has 0 unspecified atom stereocenters. The lowest BCUT2D eigenvalue weighted by Crippen LogP contribution is -2.35. The first-order valence-corrected chi connectivity index (χ1v) is 12.1. The number of aryl methyl sites for hydroxylation is 1. The number of halogens is 1. The molecule has 1 aliphatic rings. The molecule has 8 nitrogen and oxygen atoms in total. The maximum absolute atomic E-state index is 13.1. The number of nitrogens with one attached hydrogen (secondary N) is 2. The number of para-hydroxylation sites is 1. The van der Waals surface area contributed by atoms with E-state index >= 15 is 0 Å². The molecule has 0 atom stereocenters. The highest BCUT2D eigenvalue weighted by atomic mass is 35.5. The van der Waals surface area contributed by atoms with Crippen LogP contribution in [-0.4, -0.2) is 44.1 Å². The van der Waals surface area contributed by atoms with Crippen LogP contribution in [-0.2, 0) is 13.0 Å². The fraction of sp³-hybridized carbons (Fsp3) is 0.308. The summed E-state index contributed by atoms with van der Waals surface area (Å²) in [4.78, 5) is 32.0. The van der Waals surface area contributed by atoms with Crippen molar-refractivity contribution in [3.8, 4) is 5.69 Å². The lowest BCUT2D eigenvalue weighted by atomic mass is 9.98. The highest BCUT2D eigenvalue weighted by Crippen LogP contribution is 2.25. The molecule has 180 valence electrons. The lowest BCUT2D eigenvalue weighted by molar-refractivity contribution is 0.203. The van der Waals surface area contributed by atoms with Crippen LogP contribution in [0.3, 0.4) is 0 Å². The molecule has 4 aromatic rings. The zero-order valence-corrected chi connectivity index (χ0v) is 21.0. The standard InChI is InChI=1S/C26H28ClN7O/c1-15(2)33-11-10-17-8-9-19(12-18(17)14-33)30-25-29-13-20-23(31-25)32-26(35)34(24(20)28-4)22-16(3)6-5-7-21(22)27/h5-9,12-13,15H,10-11,14H2,1-4H3,(H2,29,30,31,32,35)/b28-24-. The summed E-state index contributed by atoms with van der Waals surface area (Å²) in [6, 6.07) is 12.4. The third-order valence-electron chi connectivity index (χ3n) is 6.53. The Morgan fingerprint density at radius 1 is 1.20 bits per heavy atom. The monoisotopic (exact) mass is 489 g/mol. The molecule has 3 heterocycles. The molecule has 0 spiro atoms. The summed E-state index contributed by atoms with van der Waals surface area (Å²) in [6.07, 6.45) is 2.72. The molecule has 0 radical (unpaired) electrons. The van der Waals surface area contributed by atoms with Crippen molar-refractivity contribution < 1.29 is 0 Å². The van der Waals surface area contributed by atoms with Crippen molar-refractivity contribution in [1.82, 2.24) is 24.4 Å². The quantitative estimate of drug-likeness (QED) is 0.450. The van der Waals surface area contributed by atoms with Gasteiger partial charge in [0, 0.05) is 38.1 Å². The second kappa shape index (κ2) is 9.28. The molecule has 5 rings (SSSR count). The van der Waals surface area contributed by atoms with Crippen LogP contribution in [0.5, 0.6) is 0 Å². The van der Waals surface area contributed by atoms with Crippen LogP contribution in [0.1, 0.15) is 30.5 Å². The van der Waals surface area contributed by atoms with Gasteiger partial charge in [-0.3, -0.25) is 14.9 Å². The molecular formula is C26H28ClN7O. The van der Waals surface area contributed by atoms with E-state index in [-0.39, 0.29) is 5.69 Å². The molecule has 2 N–H and O–H groups in total. The molecule has 1 aliphatic heterocycles. The van der Waals surface area contributed by atoms with Gasteiger partial charge in [-0.1, -0.05) is 29.8 Å². The maximum atomic E-state index is 13.1. The van der Waals surface area contributed by atoms with Crippen molar-refractivity contribution in [3.05, 3.63) is 80.3 Å². The number of hydrogen-bond acceptors (Lipinski definition) is 6. The van der Waals surface area contributed by atoms with Crippen LogP contribution in [0, 0.1) is 6.92 Å². The van der Waals surface area contributed by atoms with Gasteiger partial charge in [0.05, 0.1) is 16.1 Å². The normalized spacial score (nSPS) is 14.5. The van der Waals surface area contributed by atoms with Crippen molar-refractivity contribution >= 4 is 34.3 Å². The van der Waals surface area contributed by atoms with E-state index in [9.17, 15) is 4.79 Å². The van der Waals surface area contributed by atoms with E-state index in [2.05, 4.69) is 56.1 Å². The van der Waals surface area contributed by atoms with E-state index in [4.69, 9.17) is 11.6 Å². The van der Waals surface area contributed by atoms with Crippen molar-refractivity contribution in [2.75, 3.05) is 18.9 Å². The molecule has 35 heavy (non-hydrogen) atoms. The summed E-state index contributed by atoms with van der Waals surface area (Å²) in [5.41, 5.74) is 5.52. The Labute approximate surface area is 208 Å². The largest absolute Gasteiger partial charge is 0.333 e. The average Bonchev–Trinajstić information content (AvgIpc) is 2.83. The molecular weight excluding hydrogens is 462 g/mol. The minimum atomic E-state index is -0.374. The summed E-state index contributed by atoms with van der Waals surface area (Å²) in [7, 11) is 1.64. The van der Waals surface area contributed by atoms with E-state index in [0.717, 1.165) is 30.8 Å². The summed E-state index contributed by atoms with van der Waals surface area (Å²) < 4.78 is 1.47. The number of rotatable bonds is 4. The number of aromatic amines is 1. The molecule has 0 saturated heterocycles. The van der Waals surface area contributed by atoms with E-state index < -0.39 is 0 Å². The Hall–Kier alpha value is -3.49. The third-order valence-corrected chi connectivity index (χ3v) is 6.83. The SMILES string of the molecule is C/N=c1/c2cnc(Nc3ccc4c(c3)CN(C(C)C)CC4)nc2[nH]c(=O)n1-c1c(C)cccc1Cl. The van der Waals surface area contributed by atoms with Gasteiger partial charge in [0.25, 0.3) is 0 Å². The molecule has 0 saturated carbocycles. The first kappa shape index (κ1) is 23.3. The summed E-state index contributed by atoms with van der Waals surface area (Å²) in [5, 5.41) is 4.38. The van der Waals surface area contributed by atoms with Crippen LogP contribution in [0.2, 0.25) is 5.02 Å². The smallest absolute Gasteiger partial charge is 0.324 e. The van der Waals surface area contributed by atoms with Crippen molar-refractivity contribution in [2.45, 2.75) is 39.8 Å². The zero-order chi connectivity index (χ0) is 24.7. The predicted molar refractivity (Wildman–Crippen MR) is 140 cm³/mol. The van der Waals surface area contributed by atoms with E-state index in [1.165, 1.54) is 15.7 Å². The Morgan fingerprint density at radius 2 is 2.03 bits per heavy atom. The number of aromatic nitrogens is 4. The van der Waals surface area contributed by atoms with E-state index in [1.54, 1.807) is 19.3 Å². The number of H-pyrrole nitrogens is 1. The van der Waals surface area contributed by atoms with Crippen molar-refractivity contribution in [2.24, 2.45) is 4.99 Å². The molecule has 0 fully saturated rings. The molecule has 0 bridgehead atoms. The second-order valence-electron chi connectivity index (χ2n) is 9.10. The van der Waals surface area contributed by atoms with Crippen molar-refractivity contribution in [1.29, 1.82) is 0 Å². The van der Waals surface area contributed by atoms with Gasteiger partial charge >= 0.3 is 5.69 Å². The van der Waals surface area contributed by atoms with Gasteiger partial charge < -0.3 is 5.32 Å². The van der Waals surface area contributed by atoms with Crippen LogP contribution in [0.25, 0.3) is 16.7 Å². The first-order valence-electron chi connectivity index (χ1n) is 11.7. The topological polar surface area (TPSA) is 91.2 Å². The summed E-state index contributed by atoms with van der Waals surface area (Å²) in [6.45, 7) is 8.36. The first-order chi connectivity index (χ1) is 16.9. The minimum absolute atomic E-state index is 0.374. The molecule has 9 heteroatoms. The van der Waals surface area contributed by atoms with Gasteiger partial charge in [0.2, 0.25) is 5.95 Å². The van der Waals surface area contributed by atoms with Crippen LogP contribution >= 0.6 is 11.6 Å². The van der Waals surface area contributed by atoms with Gasteiger partial charge in [-0.15, -0.1) is 0 Å². The van der Waals surface area contributed by atoms with Crippen LogP contribution < -0.4 is 16.5 Å². The Bertz CT molecular complexity index is 1530. The fourth-order valence-electron chi connectivity index (χ4n) is 4.64. The van der Waals surface area contributed by atoms with Crippen molar-refractivity contribution in [3.63, 3.8) is 0 Å². The van der Waals surface area contributed by atoms with Gasteiger partial charge in [-0.2, -0.15) is 4.98 Å². The predicted octanol–water partition coefficient (Wildman–Crippen LogP) is 4.11. The van der Waals surface area contributed by atoms with Gasteiger partial charge in [0.15, 0.2) is 5.65 Å². The highest BCUT2D eigenvalue weighted by molar-refractivity contribution is 6.32. The minimum Gasteiger partial charge on any atom is -0.324 e. The number of hydrogen-bond donors (Lipinski definition) is 2. The van der Waals surface area contributed by atoms with E-state index in [0.29, 0.717) is 39.2 Å². The molecule has 0 amide bonds. The lowest BCUT2D eigenvalue weighted by Gasteiger charge is -2.32. The van der Waals surface area contributed by atoms with Gasteiger partial charge in [0.1, 0.15) is 5.49 Å². The number of fused-ring (bicyclic) bond motifs is 2. The Balaban J connectivity index is 1.53. The molecule has 0 aliphatic carbocycles. The Morgan fingerprint density at radius 3 is 2.77 bits per heavy atom. The Kier molecular flexibility index (Phi) is 6.17. The van der Waals surface area contributed by atoms with Gasteiger partial charge in [-0.05, 0) is 62.1 Å². The van der Waals surface area contributed by atoms with Crippen LogP contribution in [0.4, 0.5) is 11.6 Å². The average molecular weight is 490 g/mol. The zero-order valence-electron chi connectivity index (χ0n) is 20.3. The van der Waals surface area contributed by atoms with E-state index in [1.807, 2.05) is 25.1 Å². The number of anilines is 2. The summed E-state index contributed by atoms with van der Waals surface area (Å²) >= 11 is 6.45. The number of nitrogens with zero attached hydrogens (tertiary/aromatic N) is 5. The highest BCUT2D eigenvalue weighted by Gasteiger charge is 2.19. The fourth-order valence-corrected chi connectivity index (χ4v) is 4.94. The maximum Gasteiger partial charge on any atom is 0.333 e. The third kappa shape index (κ3) is 4.35. The summed E-state index contributed by atoms with van der Waals surface area (Å²) in [5.74, 6) is 0.401. The number of benzene rings is 2.